The summed E-state index contributed by atoms with van der Waals surface area (Å²) in [7, 11) is 0. The van der Waals surface area contributed by atoms with Gasteiger partial charge in [-0.2, -0.15) is 0 Å². The molecule has 6 heteroatoms. The van der Waals surface area contributed by atoms with Crippen LogP contribution in [0.25, 0.3) is 0 Å². The molecule has 82 valence electrons. The Hall–Kier alpha value is -0.810. The fourth-order valence-electron chi connectivity index (χ4n) is 0.953. The van der Waals surface area contributed by atoms with Gasteiger partial charge in [-0.05, 0) is 28.4 Å². The molecular formula is C9H9BrClNO3. The number of nitro groups is 1. The lowest BCUT2D eigenvalue weighted by atomic mass is 10.3. The van der Waals surface area contributed by atoms with Gasteiger partial charge in [-0.1, -0.05) is 0 Å². The molecule has 0 heterocycles. The normalized spacial score (nSPS) is 10.0. The van der Waals surface area contributed by atoms with Crippen LogP contribution in [0, 0.1) is 10.1 Å². The highest BCUT2D eigenvalue weighted by atomic mass is 79.9. The molecule has 1 rings (SSSR count). The second-order valence-corrected chi connectivity index (χ2v) is 4.00. The number of non-ortho nitro benzene ring substituents is 1. The zero-order valence-corrected chi connectivity index (χ0v) is 10.1. The van der Waals surface area contributed by atoms with Crippen molar-refractivity contribution in [3.05, 3.63) is 32.8 Å². The van der Waals surface area contributed by atoms with Gasteiger partial charge in [0.15, 0.2) is 0 Å². The Morgan fingerprint density at radius 2 is 2.27 bits per heavy atom. The summed E-state index contributed by atoms with van der Waals surface area (Å²) < 4.78 is 6.03. The van der Waals surface area contributed by atoms with E-state index in [4.69, 9.17) is 16.3 Å². The Kier molecular flexibility index (Phi) is 4.84. The van der Waals surface area contributed by atoms with Crippen molar-refractivity contribution in [3.63, 3.8) is 0 Å². The number of rotatable bonds is 5. The summed E-state index contributed by atoms with van der Waals surface area (Å²) in [4.78, 5) is 10.1. The Bertz CT molecular complexity index is 359. The maximum absolute atomic E-state index is 10.5. The summed E-state index contributed by atoms with van der Waals surface area (Å²) in [5, 5.41) is 10.5. The Labute approximate surface area is 100 Å². The molecule has 0 aliphatic rings. The Balaban J connectivity index is 2.76. The monoisotopic (exact) mass is 293 g/mol. The first-order valence-corrected chi connectivity index (χ1v) is 5.60. The number of benzene rings is 1. The van der Waals surface area contributed by atoms with Crippen LogP contribution in [-0.4, -0.2) is 17.4 Å². The van der Waals surface area contributed by atoms with Crippen molar-refractivity contribution in [1.29, 1.82) is 0 Å². The fourth-order valence-corrected chi connectivity index (χ4v) is 1.42. The predicted molar refractivity (Wildman–Crippen MR) is 61.6 cm³/mol. The van der Waals surface area contributed by atoms with E-state index in [0.717, 1.165) is 0 Å². The zero-order valence-electron chi connectivity index (χ0n) is 7.78. The number of nitro benzene ring substituents is 1. The van der Waals surface area contributed by atoms with Crippen LogP contribution in [0.3, 0.4) is 0 Å². The van der Waals surface area contributed by atoms with E-state index < -0.39 is 4.92 Å². The van der Waals surface area contributed by atoms with Gasteiger partial charge in [-0.25, -0.2) is 0 Å². The van der Waals surface area contributed by atoms with Crippen molar-refractivity contribution in [2.45, 2.75) is 6.42 Å². The topological polar surface area (TPSA) is 52.4 Å². The second kappa shape index (κ2) is 5.92. The number of hydrogen-bond acceptors (Lipinski definition) is 3. The van der Waals surface area contributed by atoms with Crippen LogP contribution in [0.2, 0.25) is 0 Å². The first kappa shape index (κ1) is 12.3. The standard InChI is InChI=1S/C9H9BrClNO3/c10-8-3-2-7(12(13)14)6-9(8)15-5-1-4-11/h2-3,6H,1,4-5H2. The maximum Gasteiger partial charge on any atom is 0.273 e. The minimum absolute atomic E-state index is 0.0130. The molecule has 0 saturated carbocycles. The molecule has 0 aliphatic carbocycles. The molecule has 1 aromatic rings. The third-order valence-electron chi connectivity index (χ3n) is 1.66. The van der Waals surface area contributed by atoms with Gasteiger partial charge in [-0.15, -0.1) is 11.6 Å². The summed E-state index contributed by atoms with van der Waals surface area (Å²) in [5.41, 5.74) is 0.0130. The third-order valence-corrected chi connectivity index (χ3v) is 2.58. The van der Waals surface area contributed by atoms with Crippen molar-refractivity contribution in [2.75, 3.05) is 12.5 Å². The van der Waals surface area contributed by atoms with E-state index in [1.54, 1.807) is 6.07 Å². The molecule has 15 heavy (non-hydrogen) atoms. The van der Waals surface area contributed by atoms with Crippen LogP contribution in [0.15, 0.2) is 22.7 Å². The number of alkyl halides is 1. The average Bonchev–Trinajstić information content (AvgIpc) is 2.20. The van der Waals surface area contributed by atoms with E-state index in [-0.39, 0.29) is 5.69 Å². The van der Waals surface area contributed by atoms with E-state index >= 15 is 0 Å². The van der Waals surface area contributed by atoms with Gasteiger partial charge >= 0.3 is 0 Å². The molecule has 0 bridgehead atoms. The zero-order chi connectivity index (χ0) is 11.3. The smallest absolute Gasteiger partial charge is 0.273 e. The number of halogens is 2. The van der Waals surface area contributed by atoms with Gasteiger partial charge in [0.1, 0.15) is 5.75 Å². The van der Waals surface area contributed by atoms with E-state index in [9.17, 15) is 10.1 Å². The largest absolute Gasteiger partial charge is 0.492 e. The molecule has 0 radical (unpaired) electrons. The highest BCUT2D eigenvalue weighted by Gasteiger charge is 2.09. The first-order chi connectivity index (χ1) is 7.15. The van der Waals surface area contributed by atoms with Crippen LogP contribution in [0.5, 0.6) is 5.75 Å². The molecule has 0 aromatic heterocycles. The van der Waals surface area contributed by atoms with Crippen LogP contribution >= 0.6 is 27.5 Å². The minimum atomic E-state index is -0.457. The number of hydrogen-bond donors (Lipinski definition) is 0. The van der Waals surface area contributed by atoms with Gasteiger partial charge < -0.3 is 4.74 Å². The van der Waals surface area contributed by atoms with Crippen LogP contribution in [0.1, 0.15) is 6.42 Å². The quantitative estimate of drug-likeness (QED) is 0.362. The highest BCUT2D eigenvalue weighted by Crippen LogP contribution is 2.29. The number of ether oxygens (including phenoxy) is 1. The van der Waals surface area contributed by atoms with E-state index in [0.29, 0.717) is 29.1 Å². The molecule has 0 atom stereocenters. The molecular weight excluding hydrogens is 285 g/mol. The molecule has 4 nitrogen and oxygen atoms in total. The molecule has 0 unspecified atom stereocenters. The highest BCUT2D eigenvalue weighted by molar-refractivity contribution is 9.10. The van der Waals surface area contributed by atoms with Crippen molar-refractivity contribution in [2.24, 2.45) is 0 Å². The van der Waals surface area contributed by atoms with E-state index in [2.05, 4.69) is 15.9 Å². The maximum atomic E-state index is 10.5. The molecule has 0 spiro atoms. The average molecular weight is 295 g/mol. The number of nitrogens with zero attached hydrogens (tertiary/aromatic N) is 1. The molecule has 1 aromatic carbocycles. The van der Waals surface area contributed by atoms with Gasteiger partial charge in [-0.3, -0.25) is 10.1 Å². The lowest BCUT2D eigenvalue weighted by molar-refractivity contribution is -0.385. The second-order valence-electron chi connectivity index (χ2n) is 2.76. The minimum Gasteiger partial charge on any atom is -0.492 e. The summed E-state index contributed by atoms with van der Waals surface area (Å²) in [5.74, 6) is 0.973. The Morgan fingerprint density at radius 3 is 2.87 bits per heavy atom. The van der Waals surface area contributed by atoms with Crippen molar-refractivity contribution >= 4 is 33.2 Å². The fraction of sp³-hybridized carbons (Fsp3) is 0.333. The van der Waals surface area contributed by atoms with Gasteiger partial charge in [0.2, 0.25) is 0 Å². The van der Waals surface area contributed by atoms with E-state index in [1.807, 2.05) is 0 Å². The van der Waals surface area contributed by atoms with Crippen LogP contribution in [-0.2, 0) is 0 Å². The lowest BCUT2D eigenvalue weighted by Crippen LogP contribution is -1.99. The Morgan fingerprint density at radius 1 is 1.53 bits per heavy atom. The van der Waals surface area contributed by atoms with Gasteiger partial charge in [0, 0.05) is 11.9 Å². The van der Waals surface area contributed by atoms with Crippen LogP contribution < -0.4 is 4.74 Å². The first-order valence-electron chi connectivity index (χ1n) is 4.28. The summed E-state index contributed by atoms with van der Waals surface area (Å²) in [6.07, 6.45) is 0.705. The molecule has 0 N–H and O–H groups in total. The molecule has 0 fully saturated rings. The third kappa shape index (κ3) is 3.68. The lowest BCUT2D eigenvalue weighted by Gasteiger charge is -2.06. The molecule has 0 amide bonds. The van der Waals surface area contributed by atoms with Crippen molar-refractivity contribution in [1.82, 2.24) is 0 Å². The van der Waals surface area contributed by atoms with Gasteiger partial charge in [0.25, 0.3) is 5.69 Å². The van der Waals surface area contributed by atoms with Crippen molar-refractivity contribution < 1.29 is 9.66 Å². The summed E-state index contributed by atoms with van der Waals surface area (Å²) in [6.45, 7) is 0.448. The predicted octanol–water partition coefficient (Wildman–Crippen LogP) is 3.37. The van der Waals surface area contributed by atoms with Crippen molar-refractivity contribution in [3.8, 4) is 5.75 Å². The summed E-state index contributed by atoms with van der Waals surface area (Å²) >= 11 is 8.74. The van der Waals surface area contributed by atoms with E-state index in [1.165, 1.54) is 12.1 Å². The molecule has 0 aliphatic heterocycles. The van der Waals surface area contributed by atoms with Gasteiger partial charge in [0.05, 0.1) is 22.1 Å². The molecule has 0 saturated heterocycles. The SMILES string of the molecule is O=[N+]([O-])c1ccc(Br)c(OCCCCl)c1. The summed E-state index contributed by atoms with van der Waals surface area (Å²) in [6, 6.07) is 4.39. The van der Waals surface area contributed by atoms with Crippen LogP contribution in [0.4, 0.5) is 5.69 Å².